The monoisotopic (exact) mass is 162 g/mol. The van der Waals surface area contributed by atoms with Crippen LogP contribution in [0.1, 0.15) is 45.4 Å². The number of hydrogen-bond acceptors (Lipinski definition) is 0. The first-order valence-corrected chi connectivity index (χ1v) is 5.17. The van der Waals surface area contributed by atoms with Gasteiger partial charge in [-0.25, -0.2) is 0 Å². The summed E-state index contributed by atoms with van der Waals surface area (Å²) in [5, 5.41) is 0. The van der Waals surface area contributed by atoms with Crippen LogP contribution in [0.5, 0.6) is 0 Å². The molecule has 2 aliphatic carbocycles. The van der Waals surface area contributed by atoms with Gasteiger partial charge in [0.15, 0.2) is 0 Å². The number of hydrogen-bond donors (Lipinski definition) is 0. The van der Waals surface area contributed by atoms with Crippen molar-refractivity contribution in [3.63, 3.8) is 0 Å². The molecule has 0 heteroatoms. The number of rotatable bonds is 0. The molecular formula is C12H18. The van der Waals surface area contributed by atoms with Crippen molar-refractivity contribution in [3.05, 3.63) is 23.3 Å². The molecule has 0 heterocycles. The lowest BCUT2D eigenvalue weighted by molar-refractivity contribution is 0.430. The normalized spacial score (nSPS) is 30.4. The molecule has 66 valence electrons. The van der Waals surface area contributed by atoms with Crippen LogP contribution >= 0.6 is 0 Å². The molecule has 1 atom stereocenters. The second kappa shape index (κ2) is 3.08. The van der Waals surface area contributed by atoms with E-state index in [9.17, 15) is 0 Å². The molecule has 0 saturated heterocycles. The van der Waals surface area contributed by atoms with E-state index in [-0.39, 0.29) is 0 Å². The molecule has 0 aromatic carbocycles. The molecule has 0 bridgehead atoms. The number of allylic oxidation sites excluding steroid dienone is 3. The summed E-state index contributed by atoms with van der Waals surface area (Å²) in [4.78, 5) is 0. The molecule has 2 aliphatic rings. The molecule has 0 amide bonds. The highest BCUT2D eigenvalue weighted by atomic mass is 14.3. The summed E-state index contributed by atoms with van der Waals surface area (Å²) in [5.74, 6) is 0.889. The molecule has 0 radical (unpaired) electrons. The van der Waals surface area contributed by atoms with Crippen LogP contribution in [0, 0.1) is 5.92 Å². The van der Waals surface area contributed by atoms with Gasteiger partial charge in [0.1, 0.15) is 0 Å². The third kappa shape index (κ3) is 1.24. The van der Waals surface area contributed by atoms with Gasteiger partial charge in [0, 0.05) is 0 Å². The van der Waals surface area contributed by atoms with E-state index in [2.05, 4.69) is 13.5 Å². The van der Waals surface area contributed by atoms with E-state index < -0.39 is 0 Å². The summed E-state index contributed by atoms with van der Waals surface area (Å²) in [6, 6.07) is 0. The summed E-state index contributed by atoms with van der Waals surface area (Å²) in [6.45, 7) is 6.49. The summed E-state index contributed by atoms with van der Waals surface area (Å²) < 4.78 is 0. The van der Waals surface area contributed by atoms with Gasteiger partial charge in [-0.15, -0.1) is 0 Å². The Morgan fingerprint density at radius 3 is 2.50 bits per heavy atom. The zero-order valence-electron chi connectivity index (χ0n) is 8.03. The van der Waals surface area contributed by atoms with E-state index in [0.29, 0.717) is 0 Å². The molecule has 0 nitrogen and oxygen atoms in total. The van der Waals surface area contributed by atoms with Gasteiger partial charge in [-0.05, 0) is 56.9 Å². The second-order valence-electron chi connectivity index (χ2n) is 4.28. The minimum atomic E-state index is 0.889. The summed E-state index contributed by atoms with van der Waals surface area (Å²) in [5.41, 5.74) is 4.74. The minimum absolute atomic E-state index is 0.889. The predicted molar refractivity (Wildman–Crippen MR) is 53.0 cm³/mol. The van der Waals surface area contributed by atoms with Crippen molar-refractivity contribution in [2.75, 3.05) is 0 Å². The van der Waals surface area contributed by atoms with Gasteiger partial charge in [-0.1, -0.05) is 17.7 Å². The van der Waals surface area contributed by atoms with E-state index in [1.165, 1.54) is 44.1 Å². The summed E-state index contributed by atoms with van der Waals surface area (Å²) in [7, 11) is 0. The zero-order valence-corrected chi connectivity index (χ0v) is 8.03. The fraction of sp³-hybridized carbons (Fsp3) is 0.667. The van der Waals surface area contributed by atoms with E-state index in [0.717, 1.165) is 5.92 Å². The van der Waals surface area contributed by atoms with Gasteiger partial charge >= 0.3 is 0 Å². The fourth-order valence-electron chi connectivity index (χ4n) is 2.82. The molecule has 0 N–H and O–H groups in total. The lowest BCUT2D eigenvalue weighted by atomic mass is 9.73. The van der Waals surface area contributed by atoms with Crippen molar-refractivity contribution in [2.45, 2.75) is 45.4 Å². The Bertz CT molecular complexity index is 232. The highest BCUT2D eigenvalue weighted by Crippen LogP contribution is 2.41. The first-order valence-electron chi connectivity index (χ1n) is 5.17. The first kappa shape index (κ1) is 8.10. The first-order chi connectivity index (χ1) is 5.79. The van der Waals surface area contributed by atoms with Crippen LogP contribution < -0.4 is 0 Å². The summed E-state index contributed by atoms with van der Waals surface area (Å²) >= 11 is 0. The van der Waals surface area contributed by atoms with Crippen LogP contribution in [-0.4, -0.2) is 0 Å². The Hall–Kier alpha value is -0.520. The highest BCUT2D eigenvalue weighted by molar-refractivity contribution is 5.37. The predicted octanol–water partition coefficient (Wildman–Crippen LogP) is 3.84. The quantitative estimate of drug-likeness (QED) is 0.507. The average molecular weight is 162 g/mol. The Balaban J connectivity index is 2.32. The van der Waals surface area contributed by atoms with Gasteiger partial charge in [-0.2, -0.15) is 0 Å². The molecule has 2 rings (SSSR count). The second-order valence-corrected chi connectivity index (χ2v) is 4.28. The van der Waals surface area contributed by atoms with Crippen LogP contribution in [0.15, 0.2) is 23.3 Å². The zero-order chi connectivity index (χ0) is 8.55. The highest BCUT2D eigenvalue weighted by Gasteiger charge is 2.25. The summed E-state index contributed by atoms with van der Waals surface area (Å²) in [6.07, 6.45) is 8.21. The standard InChI is InChI=1S/C12H18/c1-9-5-3-7-11-8-4-6-10(2)12(9)11/h11H,1,3-8H2,2H3. The van der Waals surface area contributed by atoms with Crippen molar-refractivity contribution >= 4 is 0 Å². The maximum atomic E-state index is 4.19. The molecule has 0 spiro atoms. The molecule has 0 aliphatic heterocycles. The molecule has 0 aromatic rings. The number of fused-ring (bicyclic) bond motifs is 1. The maximum absolute atomic E-state index is 4.19. The van der Waals surface area contributed by atoms with E-state index in [1.54, 1.807) is 11.1 Å². The fourth-order valence-corrected chi connectivity index (χ4v) is 2.82. The molecule has 1 unspecified atom stereocenters. The van der Waals surface area contributed by atoms with Crippen LogP contribution in [0.25, 0.3) is 0 Å². The third-order valence-corrected chi connectivity index (χ3v) is 3.38. The van der Waals surface area contributed by atoms with Crippen molar-refractivity contribution in [3.8, 4) is 0 Å². The van der Waals surface area contributed by atoms with Crippen molar-refractivity contribution in [1.29, 1.82) is 0 Å². The van der Waals surface area contributed by atoms with E-state index >= 15 is 0 Å². The molecule has 12 heavy (non-hydrogen) atoms. The van der Waals surface area contributed by atoms with Crippen LogP contribution in [-0.2, 0) is 0 Å². The van der Waals surface area contributed by atoms with Crippen molar-refractivity contribution in [2.24, 2.45) is 5.92 Å². The SMILES string of the molecule is C=C1CCCC2CCCC(C)=C12. The van der Waals surface area contributed by atoms with Crippen LogP contribution in [0.2, 0.25) is 0 Å². The maximum Gasteiger partial charge on any atom is -0.0160 e. The average Bonchev–Trinajstić information content (AvgIpc) is 2.04. The Kier molecular flexibility index (Phi) is 2.08. The molecule has 1 saturated carbocycles. The lowest BCUT2D eigenvalue weighted by Crippen LogP contribution is -2.17. The Morgan fingerprint density at radius 1 is 1.17 bits per heavy atom. The largest absolute Gasteiger partial charge is 0.0955 e. The minimum Gasteiger partial charge on any atom is -0.0955 e. The van der Waals surface area contributed by atoms with Gasteiger partial charge in [0.2, 0.25) is 0 Å². The topological polar surface area (TPSA) is 0 Å². The van der Waals surface area contributed by atoms with Crippen molar-refractivity contribution in [1.82, 2.24) is 0 Å². The Labute approximate surface area is 75.4 Å². The Morgan fingerprint density at radius 2 is 1.83 bits per heavy atom. The van der Waals surface area contributed by atoms with Crippen LogP contribution in [0.3, 0.4) is 0 Å². The molecule has 0 aromatic heterocycles. The van der Waals surface area contributed by atoms with Gasteiger partial charge < -0.3 is 0 Å². The van der Waals surface area contributed by atoms with E-state index in [4.69, 9.17) is 0 Å². The molecule has 1 fully saturated rings. The van der Waals surface area contributed by atoms with Gasteiger partial charge in [-0.3, -0.25) is 0 Å². The van der Waals surface area contributed by atoms with Crippen molar-refractivity contribution < 1.29 is 0 Å². The van der Waals surface area contributed by atoms with Crippen LogP contribution in [0.4, 0.5) is 0 Å². The van der Waals surface area contributed by atoms with Gasteiger partial charge in [0.05, 0.1) is 0 Å². The third-order valence-electron chi connectivity index (χ3n) is 3.38. The van der Waals surface area contributed by atoms with Gasteiger partial charge in [0.25, 0.3) is 0 Å². The molecular weight excluding hydrogens is 144 g/mol. The van der Waals surface area contributed by atoms with E-state index in [1.807, 2.05) is 0 Å². The lowest BCUT2D eigenvalue weighted by Gasteiger charge is -2.33. The smallest absolute Gasteiger partial charge is 0.0160 e.